The van der Waals surface area contributed by atoms with E-state index in [0.29, 0.717) is 23.2 Å². The number of aromatic hydroxyl groups is 1. The van der Waals surface area contributed by atoms with Crippen molar-refractivity contribution in [1.29, 1.82) is 0 Å². The Balaban J connectivity index is 1.24. The van der Waals surface area contributed by atoms with Crippen molar-refractivity contribution in [3.05, 3.63) is 107 Å². The lowest BCUT2D eigenvalue weighted by Crippen LogP contribution is -2.66. The third-order valence-electron chi connectivity index (χ3n) is 12.9. The first kappa shape index (κ1) is 40.4. The van der Waals surface area contributed by atoms with Crippen molar-refractivity contribution in [3.8, 4) is 5.75 Å². The van der Waals surface area contributed by atoms with Gasteiger partial charge < -0.3 is 40.3 Å². The number of ketones is 1. The summed E-state index contributed by atoms with van der Waals surface area (Å²) in [4.78, 5) is 70.8. The standard InChI is InChI=1S/C45H49N3O10/c1-23-21-44-24(2)19-31-35(43(31,4)5)30(38(44)52)20-26(22-57-25(3)49)39(45(44,56)37(23)51)58-42(55)27-13-8-10-16-32(27)46-41(54)29-15-12-18-34(50)36(29)47-40(53)28-14-9-11-17-33(28)48(6)7/h8-18,20-21,24,30-31,35,37,39,50-51,56H,19,22H2,1-7H3,(H,46,54)(H,47,53)/t24-,30+,31-,35+,37+,39-,44+,45-/m1/s1. The van der Waals surface area contributed by atoms with Crippen LogP contribution in [-0.4, -0.2) is 83.4 Å². The minimum atomic E-state index is -2.39. The Labute approximate surface area is 336 Å². The predicted octanol–water partition coefficient (Wildman–Crippen LogP) is 5.53. The van der Waals surface area contributed by atoms with E-state index < -0.39 is 65.4 Å². The van der Waals surface area contributed by atoms with Crippen molar-refractivity contribution in [1.82, 2.24) is 0 Å². The topological polar surface area (TPSA) is 192 Å². The minimum Gasteiger partial charge on any atom is -0.506 e. The second kappa shape index (κ2) is 14.5. The fourth-order valence-corrected chi connectivity index (χ4v) is 9.97. The Hall–Kier alpha value is -5.79. The van der Waals surface area contributed by atoms with E-state index in [0.717, 1.165) is 0 Å². The normalized spacial score (nSPS) is 28.9. The first-order valence-electron chi connectivity index (χ1n) is 19.3. The number of carbonyl (C=O) groups excluding carboxylic acids is 5. The molecular weight excluding hydrogens is 743 g/mol. The van der Waals surface area contributed by atoms with Crippen LogP contribution in [0.25, 0.3) is 0 Å². The van der Waals surface area contributed by atoms with Crippen molar-refractivity contribution in [2.45, 2.75) is 58.8 Å². The molecule has 0 saturated heterocycles. The lowest BCUT2D eigenvalue weighted by Gasteiger charge is -2.49. The van der Waals surface area contributed by atoms with Gasteiger partial charge in [-0.1, -0.05) is 63.3 Å². The number of esters is 2. The number of aliphatic hydroxyl groups excluding tert-OH is 1. The number of carbonyl (C=O) groups is 5. The van der Waals surface area contributed by atoms with Crippen LogP contribution in [0.15, 0.2) is 90.0 Å². The van der Waals surface area contributed by atoms with Gasteiger partial charge in [0.25, 0.3) is 11.8 Å². The Bertz CT molecular complexity index is 2300. The van der Waals surface area contributed by atoms with E-state index in [1.54, 1.807) is 74.5 Å². The molecule has 4 aliphatic carbocycles. The summed E-state index contributed by atoms with van der Waals surface area (Å²) in [5.41, 5.74) is -3.26. The quantitative estimate of drug-likeness (QED) is 0.104. The number of ether oxygens (including phenoxy) is 2. The zero-order chi connectivity index (χ0) is 42.1. The molecule has 2 saturated carbocycles. The molecule has 3 aromatic carbocycles. The molecule has 0 radical (unpaired) electrons. The number of amides is 2. The Morgan fingerprint density at radius 2 is 1.55 bits per heavy atom. The number of hydrogen-bond acceptors (Lipinski definition) is 11. The highest BCUT2D eigenvalue weighted by molar-refractivity contribution is 6.16. The molecule has 4 aliphatic rings. The summed E-state index contributed by atoms with van der Waals surface area (Å²) in [6, 6.07) is 17.0. The summed E-state index contributed by atoms with van der Waals surface area (Å²) in [5, 5.41) is 41.1. The van der Waals surface area contributed by atoms with Gasteiger partial charge in [0.15, 0.2) is 17.5 Å². The Kier molecular flexibility index (Phi) is 10.1. The van der Waals surface area contributed by atoms with Gasteiger partial charge >= 0.3 is 11.9 Å². The molecule has 13 heteroatoms. The first-order valence-corrected chi connectivity index (χ1v) is 19.3. The van der Waals surface area contributed by atoms with Gasteiger partial charge in [0.05, 0.1) is 33.5 Å². The van der Waals surface area contributed by atoms with Crippen LogP contribution in [-0.2, 0) is 19.1 Å². The number of aliphatic hydroxyl groups is 2. The molecule has 13 nitrogen and oxygen atoms in total. The molecule has 7 rings (SSSR count). The minimum absolute atomic E-state index is 0.0132. The van der Waals surface area contributed by atoms with Crippen LogP contribution in [0.5, 0.6) is 5.75 Å². The number of anilines is 3. The SMILES string of the molecule is CC(=O)OCC1=C[C@@H]2C(=O)[C@]3(C=C(C)[C@H](O)[C@@]3(O)[C@@H]1OC(=O)c1ccccc1NC(=O)c1cccc(O)c1NC(=O)c1ccccc1N(C)C)[C@H](C)C[C@@H]1[C@H]2C1(C)C. The van der Waals surface area contributed by atoms with Gasteiger partial charge in [-0.05, 0) is 78.5 Å². The number of phenolic OH excluding ortho intramolecular Hbond substituents is 1. The smallest absolute Gasteiger partial charge is 0.340 e. The van der Waals surface area contributed by atoms with Gasteiger partial charge in [0, 0.05) is 38.2 Å². The lowest BCUT2D eigenvalue weighted by atomic mass is 9.59. The molecule has 3 aromatic rings. The number of para-hydroxylation sites is 3. The fourth-order valence-electron chi connectivity index (χ4n) is 9.97. The fraction of sp³-hybridized carbons (Fsp3) is 0.400. The van der Waals surface area contributed by atoms with Crippen LogP contribution >= 0.6 is 0 Å². The largest absolute Gasteiger partial charge is 0.506 e. The molecule has 0 unspecified atom stereocenters. The molecule has 0 heterocycles. The van der Waals surface area contributed by atoms with Gasteiger partial charge in [0.2, 0.25) is 0 Å². The van der Waals surface area contributed by atoms with Crippen molar-refractivity contribution >= 4 is 46.6 Å². The number of allylic oxidation sites excluding steroid dienone is 1. The number of hydrogen-bond donors (Lipinski definition) is 5. The van der Waals surface area contributed by atoms with Gasteiger partial charge in [-0.15, -0.1) is 0 Å². The van der Waals surface area contributed by atoms with E-state index >= 15 is 0 Å². The van der Waals surface area contributed by atoms with E-state index in [9.17, 15) is 39.3 Å². The van der Waals surface area contributed by atoms with Crippen molar-refractivity contribution in [2.24, 2.45) is 34.5 Å². The van der Waals surface area contributed by atoms with E-state index in [1.807, 2.05) is 6.92 Å². The van der Waals surface area contributed by atoms with Gasteiger partial charge in [-0.25, -0.2) is 4.79 Å². The van der Waals surface area contributed by atoms with E-state index in [2.05, 4.69) is 24.5 Å². The maximum atomic E-state index is 14.9. The number of benzene rings is 3. The third kappa shape index (κ3) is 6.27. The molecule has 5 N–H and O–H groups in total. The molecule has 2 bridgehead atoms. The number of phenols is 1. The van der Waals surface area contributed by atoms with Crippen molar-refractivity contribution < 1.29 is 48.8 Å². The molecule has 2 fully saturated rings. The highest BCUT2D eigenvalue weighted by atomic mass is 16.6. The van der Waals surface area contributed by atoms with Crippen LogP contribution in [0.1, 0.15) is 72.1 Å². The average molecular weight is 792 g/mol. The van der Waals surface area contributed by atoms with Crippen LogP contribution in [0.2, 0.25) is 0 Å². The Morgan fingerprint density at radius 1 is 0.914 bits per heavy atom. The van der Waals surface area contributed by atoms with Crippen LogP contribution in [0, 0.1) is 34.5 Å². The predicted molar refractivity (Wildman–Crippen MR) is 215 cm³/mol. The molecule has 1 spiro atoms. The lowest BCUT2D eigenvalue weighted by molar-refractivity contribution is -0.191. The molecule has 8 atom stereocenters. The van der Waals surface area contributed by atoms with Gasteiger partial charge in [0.1, 0.15) is 18.5 Å². The second-order valence-electron chi connectivity index (χ2n) is 16.8. The van der Waals surface area contributed by atoms with Crippen molar-refractivity contribution in [2.75, 3.05) is 36.2 Å². The van der Waals surface area contributed by atoms with E-state index in [-0.39, 0.29) is 56.9 Å². The number of rotatable bonds is 9. The van der Waals surface area contributed by atoms with E-state index in [1.165, 1.54) is 37.3 Å². The zero-order valence-electron chi connectivity index (χ0n) is 33.5. The second-order valence-corrected chi connectivity index (χ2v) is 16.8. The highest BCUT2D eigenvalue weighted by Gasteiger charge is 2.76. The van der Waals surface area contributed by atoms with Crippen LogP contribution in [0.3, 0.4) is 0 Å². The highest BCUT2D eigenvalue weighted by Crippen LogP contribution is 2.71. The van der Waals surface area contributed by atoms with Crippen LogP contribution in [0.4, 0.5) is 17.1 Å². The van der Waals surface area contributed by atoms with Gasteiger partial charge in [-0.2, -0.15) is 0 Å². The molecule has 2 amide bonds. The van der Waals surface area contributed by atoms with Crippen molar-refractivity contribution in [3.63, 3.8) is 0 Å². The molecule has 0 aromatic heterocycles. The first-order chi connectivity index (χ1) is 27.4. The number of nitrogens with one attached hydrogen (secondary N) is 2. The summed E-state index contributed by atoms with van der Waals surface area (Å²) < 4.78 is 11.7. The number of fused-ring (bicyclic) bond motifs is 3. The maximum Gasteiger partial charge on any atom is 0.340 e. The zero-order valence-corrected chi connectivity index (χ0v) is 33.5. The average Bonchev–Trinajstić information content (AvgIpc) is 3.69. The molecule has 58 heavy (non-hydrogen) atoms. The summed E-state index contributed by atoms with van der Waals surface area (Å²) in [6.07, 6.45) is 0.583. The summed E-state index contributed by atoms with van der Waals surface area (Å²) in [7, 11) is 3.56. The summed E-state index contributed by atoms with van der Waals surface area (Å²) in [6.45, 7) is 8.49. The number of Topliss-reactive ketones (excluding diaryl/α,β-unsaturated/α-hetero) is 1. The monoisotopic (exact) mass is 791 g/mol. The molecular formula is C45H49N3O10. The molecule has 304 valence electrons. The number of nitrogens with zero attached hydrogens (tertiary/aromatic N) is 1. The molecule has 0 aliphatic heterocycles. The van der Waals surface area contributed by atoms with Crippen LogP contribution < -0.4 is 15.5 Å². The maximum absolute atomic E-state index is 14.9. The Morgan fingerprint density at radius 3 is 2.24 bits per heavy atom. The van der Waals surface area contributed by atoms with Gasteiger partial charge in [-0.3, -0.25) is 19.2 Å². The summed E-state index contributed by atoms with van der Waals surface area (Å²) >= 11 is 0. The van der Waals surface area contributed by atoms with E-state index in [4.69, 9.17) is 9.47 Å². The third-order valence-corrected chi connectivity index (χ3v) is 12.9. The summed E-state index contributed by atoms with van der Waals surface area (Å²) in [5.74, 6) is -4.81.